The third kappa shape index (κ3) is 4.78. The van der Waals surface area contributed by atoms with Crippen LogP contribution in [0.15, 0.2) is 46.8 Å². The van der Waals surface area contributed by atoms with E-state index in [0.29, 0.717) is 22.2 Å². The second kappa shape index (κ2) is 8.11. The highest BCUT2D eigenvalue weighted by molar-refractivity contribution is 7.90. The summed E-state index contributed by atoms with van der Waals surface area (Å²) in [6, 6.07) is 6.45. The van der Waals surface area contributed by atoms with Crippen molar-refractivity contribution in [2.45, 2.75) is 17.7 Å². The second-order valence-corrected chi connectivity index (χ2v) is 9.17. The van der Waals surface area contributed by atoms with Crippen LogP contribution >= 0.6 is 11.3 Å². The molecule has 1 aromatic heterocycles. The molecule has 0 saturated carbocycles. The fourth-order valence-electron chi connectivity index (χ4n) is 2.88. The van der Waals surface area contributed by atoms with Crippen LogP contribution in [0.4, 0.5) is 5.13 Å². The van der Waals surface area contributed by atoms with Crippen molar-refractivity contribution in [3.63, 3.8) is 0 Å². The summed E-state index contributed by atoms with van der Waals surface area (Å²) in [7, 11) is -3.27. The summed E-state index contributed by atoms with van der Waals surface area (Å²) in [6.45, 7) is 1.85. The number of nitrogens with one attached hydrogen (secondary N) is 2. The van der Waals surface area contributed by atoms with Gasteiger partial charge in [0.15, 0.2) is 15.0 Å². The Morgan fingerprint density at radius 1 is 1.27 bits per heavy atom. The maximum absolute atomic E-state index is 12.8. The van der Waals surface area contributed by atoms with Crippen LogP contribution in [0, 0.1) is 5.92 Å². The van der Waals surface area contributed by atoms with Crippen molar-refractivity contribution in [1.82, 2.24) is 10.3 Å². The van der Waals surface area contributed by atoms with Gasteiger partial charge in [0.05, 0.1) is 4.90 Å². The van der Waals surface area contributed by atoms with E-state index in [9.17, 15) is 13.2 Å². The maximum Gasteiger partial charge on any atom is 0.257 e. The topological polar surface area (TPSA) is 88.2 Å². The van der Waals surface area contributed by atoms with Crippen molar-refractivity contribution in [2.24, 2.45) is 5.92 Å². The number of aromatic nitrogens is 1. The van der Waals surface area contributed by atoms with E-state index in [0.717, 1.165) is 25.9 Å². The van der Waals surface area contributed by atoms with Crippen molar-refractivity contribution < 1.29 is 13.2 Å². The number of carbonyl (C=O) groups excluding carboxylic acids is 1. The van der Waals surface area contributed by atoms with Crippen molar-refractivity contribution in [3.05, 3.63) is 47.5 Å². The minimum Gasteiger partial charge on any atom is -0.317 e. The van der Waals surface area contributed by atoms with Crippen LogP contribution in [-0.4, -0.2) is 38.7 Å². The van der Waals surface area contributed by atoms with Gasteiger partial charge in [-0.2, -0.15) is 0 Å². The molecule has 1 aliphatic rings. The summed E-state index contributed by atoms with van der Waals surface area (Å²) in [5.41, 5.74) is 1.25. The predicted octanol–water partition coefficient (Wildman–Crippen LogP) is 2.57. The molecule has 6 nitrogen and oxygen atoms in total. The highest BCUT2D eigenvalue weighted by Gasteiger charge is 2.18. The average Bonchev–Trinajstić information content (AvgIpc) is 3.13. The first kappa shape index (κ1) is 18.8. The molecular weight excluding hydrogens is 370 g/mol. The Hall–Kier alpha value is -2.03. The number of hydrogen-bond acceptors (Lipinski definition) is 6. The standard InChI is InChI=1S/C18H21N3O3S2/c1-26(23,24)15-4-2-14(3-5-15)16(12-13-6-8-19-9-7-13)17(22)21-18-20-10-11-25-18/h2-5,10-13,19H,6-9H2,1H3,(H,20,21,22). The Bertz CT molecular complexity index is 882. The van der Waals surface area contributed by atoms with Crippen molar-refractivity contribution in [3.8, 4) is 0 Å². The first-order chi connectivity index (χ1) is 12.4. The molecule has 26 heavy (non-hydrogen) atoms. The summed E-state index contributed by atoms with van der Waals surface area (Å²) >= 11 is 1.36. The molecular formula is C18H21N3O3S2. The summed E-state index contributed by atoms with van der Waals surface area (Å²) in [6.07, 6.45) is 6.74. The lowest BCUT2D eigenvalue weighted by Gasteiger charge is -2.21. The number of sulfone groups is 1. The number of benzene rings is 1. The molecule has 1 amide bonds. The number of piperidine rings is 1. The van der Waals surface area contributed by atoms with Gasteiger partial charge in [-0.3, -0.25) is 10.1 Å². The number of allylic oxidation sites excluding steroid dienone is 1. The van der Waals surface area contributed by atoms with Crippen molar-refractivity contribution in [2.75, 3.05) is 24.7 Å². The molecule has 2 N–H and O–H groups in total. The molecule has 0 unspecified atom stereocenters. The van der Waals surface area contributed by atoms with Crippen LogP contribution < -0.4 is 10.6 Å². The lowest BCUT2D eigenvalue weighted by atomic mass is 9.92. The monoisotopic (exact) mass is 391 g/mol. The first-order valence-electron chi connectivity index (χ1n) is 8.37. The van der Waals surface area contributed by atoms with Crippen LogP contribution in [0.25, 0.3) is 5.57 Å². The number of thiazole rings is 1. The molecule has 0 aliphatic carbocycles. The summed E-state index contributed by atoms with van der Waals surface area (Å²) < 4.78 is 23.3. The van der Waals surface area contributed by atoms with Gasteiger partial charge in [0.1, 0.15) is 0 Å². The SMILES string of the molecule is CS(=O)(=O)c1ccc(C(=CC2CCNCC2)C(=O)Nc2nccs2)cc1. The third-order valence-corrected chi connectivity index (χ3v) is 6.09. The third-order valence-electron chi connectivity index (χ3n) is 4.28. The van der Waals surface area contributed by atoms with E-state index < -0.39 is 9.84 Å². The van der Waals surface area contributed by atoms with E-state index in [1.54, 1.807) is 23.7 Å². The molecule has 138 valence electrons. The molecule has 3 rings (SSSR count). The predicted molar refractivity (Wildman–Crippen MR) is 104 cm³/mol. The van der Waals surface area contributed by atoms with Gasteiger partial charge in [-0.25, -0.2) is 13.4 Å². The highest BCUT2D eigenvalue weighted by Crippen LogP contribution is 2.25. The largest absolute Gasteiger partial charge is 0.317 e. The quantitative estimate of drug-likeness (QED) is 0.765. The summed E-state index contributed by atoms with van der Waals surface area (Å²) in [5, 5.41) is 8.47. The van der Waals surface area contributed by atoms with E-state index in [4.69, 9.17) is 0 Å². The van der Waals surface area contributed by atoms with Crippen molar-refractivity contribution >= 4 is 37.8 Å². The first-order valence-corrected chi connectivity index (χ1v) is 11.1. The smallest absolute Gasteiger partial charge is 0.257 e. The molecule has 0 spiro atoms. The number of amides is 1. The molecule has 1 fully saturated rings. The van der Waals surface area contributed by atoms with Crippen molar-refractivity contribution in [1.29, 1.82) is 0 Å². The lowest BCUT2D eigenvalue weighted by molar-refractivity contribution is -0.111. The van der Waals surface area contributed by atoms with Crippen LogP contribution in [-0.2, 0) is 14.6 Å². The molecule has 2 heterocycles. The number of rotatable bonds is 5. The number of nitrogens with zero attached hydrogens (tertiary/aromatic N) is 1. The van der Waals surface area contributed by atoms with E-state index in [-0.39, 0.29) is 10.8 Å². The van der Waals surface area contributed by atoms with Gasteiger partial charge in [-0.05, 0) is 49.5 Å². The van der Waals surface area contributed by atoms with Gasteiger partial charge in [-0.1, -0.05) is 18.2 Å². The lowest BCUT2D eigenvalue weighted by Crippen LogP contribution is -2.27. The average molecular weight is 392 g/mol. The van der Waals surface area contributed by atoms with Gasteiger partial charge >= 0.3 is 0 Å². The zero-order valence-corrected chi connectivity index (χ0v) is 16.1. The zero-order valence-electron chi connectivity index (χ0n) is 14.4. The van der Waals surface area contributed by atoms with Crippen LogP contribution in [0.5, 0.6) is 0 Å². The number of hydrogen-bond donors (Lipinski definition) is 2. The maximum atomic E-state index is 12.8. The second-order valence-electron chi connectivity index (χ2n) is 6.26. The molecule has 2 aromatic rings. The van der Waals surface area contributed by atoms with E-state index in [1.165, 1.54) is 29.7 Å². The molecule has 0 radical (unpaired) electrons. The van der Waals surface area contributed by atoms with Gasteiger partial charge < -0.3 is 5.32 Å². The Kier molecular flexibility index (Phi) is 5.85. The van der Waals surface area contributed by atoms with E-state index in [1.807, 2.05) is 6.08 Å². The Morgan fingerprint density at radius 3 is 2.54 bits per heavy atom. The van der Waals surface area contributed by atoms with Gasteiger partial charge in [0, 0.05) is 23.4 Å². The fourth-order valence-corrected chi connectivity index (χ4v) is 4.04. The number of anilines is 1. The van der Waals surface area contributed by atoms with Crippen LogP contribution in [0.3, 0.4) is 0 Å². The normalized spacial score (nSPS) is 16.4. The minimum atomic E-state index is -3.27. The van der Waals surface area contributed by atoms with E-state index in [2.05, 4.69) is 15.6 Å². The Balaban J connectivity index is 1.91. The molecule has 8 heteroatoms. The fraction of sp³-hybridized carbons (Fsp3) is 0.333. The minimum absolute atomic E-state index is 0.231. The molecule has 1 aliphatic heterocycles. The Labute approximate surface area is 157 Å². The summed E-state index contributed by atoms with van der Waals surface area (Å²) in [4.78, 5) is 17.2. The zero-order chi connectivity index (χ0) is 18.6. The highest BCUT2D eigenvalue weighted by atomic mass is 32.2. The van der Waals surface area contributed by atoms with Gasteiger partial charge in [0.2, 0.25) is 0 Å². The summed E-state index contributed by atoms with van der Waals surface area (Å²) in [5.74, 6) is 0.0773. The Morgan fingerprint density at radius 2 is 1.96 bits per heavy atom. The van der Waals surface area contributed by atoms with E-state index >= 15 is 0 Å². The van der Waals surface area contributed by atoms with Crippen LogP contribution in [0.1, 0.15) is 18.4 Å². The number of carbonyl (C=O) groups is 1. The molecule has 1 aromatic carbocycles. The van der Waals surface area contributed by atoms with Gasteiger partial charge in [0.25, 0.3) is 5.91 Å². The molecule has 1 saturated heterocycles. The van der Waals surface area contributed by atoms with Gasteiger partial charge in [-0.15, -0.1) is 11.3 Å². The molecule has 0 bridgehead atoms. The molecule has 0 atom stereocenters. The van der Waals surface area contributed by atoms with Crippen LogP contribution in [0.2, 0.25) is 0 Å².